The lowest BCUT2D eigenvalue weighted by Gasteiger charge is -2.27. The van der Waals surface area contributed by atoms with Crippen LogP contribution in [0.4, 0.5) is 13.2 Å². The lowest BCUT2D eigenvalue weighted by atomic mass is 10.1. The molecule has 2 rings (SSSR count). The van der Waals surface area contributed by atoms with Crippen LogP contribution in [0, 0.1) is 6.92 Å². The molecule has 1 saturated heterocycles. The third kappa shape index (κ3) is 4.90. The first kappa shape index (κ1) is 18.2. The number of piperazine rings is 1. The van der Waals surface area contributed by atoms with E-state index in [-0.39, 0.29) is 17.0 Å². The topological polar surface area (TPSA) is 61.4 Å². The number of rotatable bonds is 5. The molecule has 2 N–H and O–H groups in total. The summed E-state index contributed by atoms with van der Waals surface area (Å²) in [6, 6.07) is 3.05. The van der Waals surface area contributed by atoms with E-state index in [2.05, 4.69) is 14.9 Å². The largest absolute Gasteiger partial charge is 0.416 e. The van der Waals surface area contributed by atoms with Gasteiger partial charge in [-0.3, -0.25) is 4.90 Å². The second-order valence-corrected chi connectivity index (χ2v) is 7.23. The van der Waals surface area contributed by atoms with Gasteiger partial charge < -0.3 is 5.32 Å². The molecule has 1 aliphatic rings. The maximum atomic E-state index is 12.9. The molecule has 0 radical (unpaired) electrons. The van der Waals surface area contributed by atoms with Gasteiger partial charge in [-0.2, -0.15) is 13.2 Å². The molecule has 1 fully saturated rings. The monoisotopic (exact) mass is 351 g/mol. The second-order valence-electron chi connectivity index (χ2n) is 5.46. The zero-order valence-electron chi connectivity index (χ0n) is 12.8. The van der Waals surface area contributed by atoms with Crippen molar-refractivity contribution in [3.63, 3.8) is 0 Å². The van der Waals surface area contributed by atoms with Gasteiger partial charge in [-0.15, -0.1) is 0 Å². The summed E-state index contributed by atoms with van der Waals surface area (Å²) < 4.78 is 65.3. The Hall–Kier alpha value is -1.16. The van der Waals surface area contributed by atoms with Crippen LogP contribution in [0.5, 0.6) is 0 Å². The van der Waals surface area contributed by atoms with E-state index in [4.69, 9.17) is 0 Å². The van der Waals surface area contributed by atoms with E-state index in [1.54, 1.807) is 0 Å². The van der Waals surface area contributed by atoms with E-state index in [0.717, 1.165) is 26.2 Å². The van der Waals surface area contributed by atoms with Gasteiger partial charge in [0.15, 0.2) is 0 Å². The van der Waals surface area contributed by atoms with Crippen molar-refractivity contribution in [1.82, 2.24) is 14.9 Å². The molecule has 0 aliphatic carbocycles. The second kappa shape index (κ2) is 7.16. The van der Waals surface area contributed by atoms with Crippen LogP contribution in [0.15, 0.2) is 23.1 Å². The summed E-state index contributed by atoms with van der Waals surface area (Å²) in [4.78, 5) is 1.73. The van der Waals surface area contributed by atoms with Crippen LogP contribution in [-0.2, 0) is 16.2 Å². The van der Waals surface area contributed by atoms with E-state index >= 15 is 0 Å². The third-order valence-electron chi connectivity index (χ3n) is 3.75. The minimum atomic E-state index is -4.57. The predicted molar refractivity (Wildman–Crippen MR) is 80.7 cm³/mol. The summed E-state index contributed by atoms with van der Waals surface area (Å²) in [5.41, 5.74) is -0.931. The standard InChI is InChI=1S/C14H20F3N3O2S/c1-11-2-3-12(10-13(11)14(15,16)17)23(21,22)19-6-9-20-7-4-18-5-8-20/h2-3,10,18-19H,4-9H2,1H3. The van der Waals surface area contributed by atoms with Crippen LogP contribution in [0.1, 0.15) is 11.1 Å². The molecule has 1 aliphatic heterocycles. The van der Waals surface area contributed by atoms with Crippen molar-refractivity contribution in [2.24, 2.45) is 0 Å². The molecule has 0 unspecified atom stereocenters. The minimum absolute atomic E-state index is 0.00253. The van der Waals surface area contributed by atoms with Gasteiger partial charge in [0.2, 0.25) is 10.0 Å². The zero-order chi connectivity index (χ0) is 17.1. The summed E-state index contributed by atoms with van der Waals surface area (Å²) in [6.07, 6.45) is -4.57. The van der Waals surface area contributed by atoms with E-state index in [1.165, 1.54) is 19.1 Å². The molecule has 0 atom stereocenters. The van der Waals surface area contributed by atoms with Crippen LogP contribution in [-0.4, -0.2) is 52.6 Å². The average Bonchev–Trinajstić information content (AvgIpc) is 2.47. The molecule has 0 bridgehead atoms. The molecule has 1 aromatic carbocycles. The van der Waals surface area contributed by atoms with E-state index < -0.39 is 21.8 Å². The first-order valence-corrected chi connectivity index (χ1v) is 8.79. The van der Waals surface area contributed by atoms with Crippen molar-refractivity contribution >= 4 is 10.0 Å². The Bertz CT molecular complexity index is 641. The third-order valence-corrected chi connectivity index (χ3v) is 5.21. The summed E-state index contributed by atoms with van der Waals surface area (Å²) in [6.45, 7) is 5.34. The summed E-state index contributed by atoms with van der Waals surface area (Å²) in [7, 11) is -3.95. The lowest BCUT2D eigenvalue weighted by Crippen LogP contribution is -2.46. The number of sulfonamides is 1. The highest BCUT2D eigenvalue weighted by Crippen LogP contribution is 2.33. The van der Waals surface area contributed by atoms with Crippen molar-refractivity contribution < 1.29 is 21.6 Å². The number of hydrogen-bond acceptors (Lipinski definition) is 4. The molecule has 0 aromatic heterocycles. The number of halogens is 3. The van der Waals surface area contributed by atoms with Crippen LogP contribution in [0.25, 0.3) is 0 Å². The average molecular weight is 351 g/mol. The van der Waals surface area contributed by atoms with Crippen LogP contribution in [0.3, 0.4) is 0 Å². The Morgan fingerprint density at radius 3 is 2.52 bits per heavy atom. The Balaban J connectivity index is 2.04. The predicted octanol–water partition coefficient (Wildman–Crippen LogP) is 1.20. The van der Waals surface area contributed by atoms with Crippen LogP contribution >= 0.6 is 0 Å². The van der Waals surface area contributed by atoms with Crippen molar-refractivity contribution in [2.45, 2.75) is 18.0 Å². The molecule has 0 amide bonds. The van der Waals surface area contributed by atoms with E-state index in [0.29, 0.717) is 12.6 Å². The Labute approximate surface area is 133 Å². The van der Waals surface area contributed by atoms with Gasteiger partial charge in [-0.1, -0.05) is 6.07 Å². The normalized spacial score (nSPS) is 17.4. The van der Waals surface area contributed by atoms with Crippen LogP contribution < -0.4 is 10.0 Å². The first-order valence-electron chi connectivity index (χ1n) is 7.31. The highest BCUT2D eigenvalue weighted by molar-refractivity contribution is 7.89. The van der Waals surface area contributed by atoms with Crippen molar-refractivity contribution in [2.75, 3.05) is 39.3 Å². The fourth-order valence-corrected chi connectivity index (χ4v) is 3.48. The lowest BCUT2D eigenvalue weighted by molar-refractivity contribution is -0.138. The Morgan fingerprint density at radius 1 is 1.26 bits per heavy atom. The summed E-state index contributed by atoms with van der Waals surface area (Å²) >= 11 is 0. The molecule has 23 heavy (non-hydrogen) atoms. The fourth-order valence-electron chi connectivity index (χ4n) is 2.43. The molecule has 5 nitrogen and oxygen atoms in total. The molecule has 1 heterocycles. The minimum Gasteiger partial charge on any atom is -0.314 e. The van der Waals surface area contributed by atoms with Gasteiger partial charge >= 0.3 is 6.18 Å². The summed E-state index contributed by atoms with van der Waals surface area (Å²) in [5, 5.41) is 3.19. The van der Waals surface area contributed by atoms with Crippen molar-refractivity contribution in [1.29, 1.82) is 0 Å². The van der Waals surface area contributed by atoms with Gasteiger partial charge in [0, 0.05) is 39.3 Å². The number of alkyl halides is 3. The SMILES string of the molecule is Cc1ccc(S(=O)(=O)NCCN2CCNCC2)cc1C(F)(F)F. The molecule has 1 aromatic rings. The van der Waals surface area contributed by atoms with E-state index in [9.17, 15) is 21.6 Å². The van der Waals surface area contributed by atoms with Gasteiger partial charge in [-0.25, -0.2) is 13.1 Å². The molecule has 0 spiro atoms. The number of aryl methyl sites for hydroxylation is 1. The smallest absolute Gasteiger partial charge is 0.314 e. The molecule has 130 valence electrons. The van der Waals surface area contributed by atoms with Gasteiger partial charge in [0.1, 0.15) is 0 Å². The van der Waals surface area contributed by atoms with Crippen molar-refractivity contribution in [3.05, 3.63) is 29.3 Å². The highest BCUT2D eigenvalue weighted by atomic mass is 32.2. The van der Waals surface area contributed by atoms with E-state index in [1.807, 2.05) is 0 Å². The highest BCUT2D eigenvalue weighted by Gasteiger charge is 2.33. The Kier molecular flexibility index (Phi) is 5.66. The van der Waals surface area contributed by atoms with Crippen molar-refractivity contribution in [3.8, 4) is 0 Å². The van der Waals surface area contributed by atoms with Crippen LogP contribution in [0.2, 0.25) is 0 Å². The molecule has 9 heteroatoms. The zero-order valence-corrected chi connectivity index (χ0v) is 13.6. The van der Waals surface area contributed by atoms with Gasteiger partial charge in [0.05, 0.1) is 10.5 Å². The molecular weight excluding hydrogens is 331 g/mol. The quantitative estimate of drug-likeness (QED) is 0.837. The molecule has 0 saturated carbocycles. The maximum Gasteiger partial charge on any atom is 0.416 e. The number of nitrogens with zero attached hydrogens (tertiary/aromatic N) is 1. The number of nitrogens with one attached hydrogen (secondary N) is 2. The molecular formula is C14H20F3N3O2S. The van der Waals surface area contributed by atoms with Gasteiger partial charge in [0.25, 0.3) is 0 Å². The number of benzene rings is 1. The summed E-state index contributed by atoms with van der Waals surface area (Å²) in [5.74, 6) is 0. The maximum absolute atomic E-state index is 12.9. The number of hydrogen-bond donors (Lipinski definition) is 2. The Morgan fingerprint density at radius 2 is 1.91 bits per heavy atom. The van der Waals surface area contributed by atoms with Gasteiger partial charge in [-0.05, 0) is 24.6 Å². The first-order chi connectivity index (χ1) is 10.7. The fraction of sp³-hybridized carbons (Fsp3) is 0.571.